The van der Waals surface area contributed by atoms with E-state index in [2.05, 4.69) is 59.9 Å². The van der Waals surface area contributed by atoms with Crippen LogP contribution in [0.3, 0.4) is 0 Å². The highest BCUT2D eigenvalue weighted by Gasteiger charge is 2.18. The maximum atomic E-state index is 12.3. The van der Waals surface area contributed by atoms with Crippen LogP contribution in [0.1, 0.15) is 39.2 Å². The lowest BCUT2D eigenvalue weighted by molar-refractivity contribution is 0.0908. The first-order valence-corrected chi connectivity index (χ1v) is 12.9. The first kappa shape index (κ1) is 25.5. The third kappa shape index (κ3) is 6.06. The molecule has 5 rings (SSSR count). The van der Waals surface area contributed by atoms with E-state index in [0.29, 0.717) is 17.3 Å². The largest absolute Gasteiger partial charge is 0.457 e. The third-order valence-electron chi connectivity index (χ3n) is 6.59. The summed E-state index contributed by atoms with van der Waals surface area (Å²) in [6, 6.07) is 17.6. The molecule has 9 nitrogen and oxygen atoms in total. The average molecular weight is 515 g/mol. The number of aryl methyl sites for hydroxylation is 1. The Bertz CT molecular complexity index is 1440. The minimum absolute atomic E-state index is 0.0615. The van der Waals surface area contributed by atoms with Crippen LogP contribution in [0.15, 0.2) is 60.8 Å². The van der Waals surface area contributed by atoms with Crippen molar-refractivity contribution in [1.29, 1.82) is 0 Å². The van der Waals surface area contributed by atoms with Gasteiger partial charge in [0, 0.05) is 31.1 Å². The third-order valence-corrected chi connectivity index (χ3v) is 6.59. The molecule has 1 amide bonds. The van der Waals surface area contributed by atoms with E-state index in [1.807, 2.05) is 35.9 Å². The Morgan fingerprint density at radius 2 is 1.84 bits per heavy atom. The van der Waals surface area contributed by atoms with Gasteiger partial charge in [0.2, 0.25) is 5.95 Å². The van der Waals surface area contributed by atoms with Crippen molar-refractivity contribution < 1.29 is 14.3 Å². The van der Waals surface area contributed by atoms with Crippen molar-refractivity contribution in [3.63, 3.8) is 0 Å². The standard InChI is InChI=1S/C29H34N6O3/c1-29(2,3)19-6-5-7-20(16-19)32-27-33-24-17-22(8-9-25(24)35(27)4)37-23-12-15-31-26(18-23)34-28(36)38-21-10-13-30-14-11-21/h5-9,12,15-18,21,30H,10-11,13-14H2,1-4H3,(H,32,33)(H,31,34,36). The fourth-order valence-corrected chi connectivity index (χ4v) is 4.43. The Kier molecular flexibility index (Phi) is 7.20. The molecule has 1 aliphatic rings. The first-order chi connectivity index (χ1) is 18.2. The van der Waals surface area contributed by atoms with E-state index >= 15 is 0 Å². The number of aromatic nitrogens is 3. The highest BCUT2D eigenvalue weighted by atomic mass is 16.6. The van der Waals surface area contributed by atoms with E-state index in [1.54, 1.807) is 18.3 Å². The smallest absolute Gasteiger partial charge is 0.413 e. The maximum Gasteiger partial charge on any atom is 0.413 e. The van der Waals surface area contributed by atoms with Gasteiger partial charge in [-0.1, -0.05) is 32.9 Å². The van der Waals surface area contributed by atoms with Gasteiger partial charge < -0.3 is 24.7 Å². The van der Waals surface area contributed by atoms with Gasteiger partial charge in [0.05, 0.1) is 11.0 Å². The number of hydrogen-bond acceptors (Lipinski definition) is 7. The van der Waals surface area contributed by atoms with Crippen LogP contribution in [0, 0.1) is 0 Å². The van der Waals surface area contributed by atoms with E-state index in [4.69, 9.17) is 14.5 Å². The van der Waals surface area contributed by atoms with Crippen LogP contribution in [0.5, 0.6) is 11.5 Å². The number of anilines is 3. The molecule has 0 radical (unpaired) electrons. The summed E-state index contributed by atoms with van der Waals surface area (Å²) in [5, 5.41) is 9.39. The van der Waals surface area contributed by atoms with Crippen molar-refractivity contribution in [2.24, 2.45) is 7.05 Å². The van der Waals surface area contributed by atoms with Crippen molar-refractivity contribution in [1.82, 2.24) is 19.9 Å². The summed E-state index contributed by atoms with van der Waals surface area (Å²) in [5.41, 5.74) is 4.08. The highest BCUT2D eigenvalue weighted by Crippen LogP contribution is 2.30. The number of nitrogens with one attached hydrogen (secondary N) is 3. The number of rotatable bonds is 6. The predicted octanol–water partition coefficient (Wildman–Crippen LogP) is 6.10. The van der Waals surface area contributed by atoms with E-state index in [-0.39, 0.29) is 11.5 Å². The number of fused-ring (bicyclic) bond motifs is 1. The summed E-state index contributed by atoms with van der Waals surface area (Å²) in [7, 11) is 1.98. The number of piperidine rings is 1. The minimum atomic E-state index is -0.510. The molecule has 0 aliphatic carbocycles. The van der Waals surface area contributed by atoms with Crippen LogP contribution in [0.2, 0.25) is 0 Å². The topological polar surface area (TPSA) is 102 Å². The molecular formula is C29H34N6O3. The Labute approximate surface area is 222 Å². The van der Waals surface area contributed by atoms with Gasteiger partial charge in [-0.3, -0.25) is 5.32 Å². The summed E-state index contributed by atoms with van der Waals surface area (Å²) in [6.07, 6.45) is 2.61. The second kappa shape index (κ2) is 10.7. The van der Waals surface area contributed by atoms with Gasteiger partial charge >= 0.3 is 6.09 Å². The Morgan fingerprint density at radius 3 is 2.63 bits per heavy atom. The minimum Gasteiger partial charge on any atom is -0.457 e. The van der Waals surface area contributed by atoms with Crippen molar-refractivity contribution in [3.05, 3.63) is 66.4 Å². The second-order valence-electron chi connectivity index (χ2n) is 10.6. The molecule has 2 aromatic carbocycles. The summed E-state index contributed by atoms with van der Waals surface area (Å²) in [5.74, 6) is 2.28. The second-order valence-corrected chi connectivity index (χ2v) is 10.6. The van der Waals surface area contributed by atoms with E-state index in [9.17, 15) is 4.79 Å². The molecule has 9 heteroatoms. The van der Waals surface area contributed by atoms with Crippen molar-refractivity contribution in [3.8, 4) is 11.5 Å². The molecule has 1 fully saturated rings. The van der Waals surface area contributed by atoms with Gasteiger partial charge in [-0.15, -0.1) is 0 Å². The number of imidazole rings is 1. The predicted molar refractivity (Wildman–Crippen MR) is 149 cm³/mol. The van der Waals surface area contributed by atoms with Crippen LogP contribution in [-0.2, 0) is 17.2 Å². The zero-order chi connectivity index (χ0) is 26.7. The Hall–Kier alpha value is -4.11. The number of benzene rings is 2. The summed E-state index contributed by atoms with van der Waals surface area (Å²) < 4.78 is 13.6. The fourth-order valence-electron chi connectivity index (χ4n) is 4.43. The molecule has 2 aromatic heterocycles. The normalized spacial score (nSPS) is 14.3. The van der Waals surface area contributed by atoms with Crippen molar-refractivity contribution in [2.45, 2.75) is 45.1 Å². The number of amides is 1. The highest BCUT2D eigenvalue weighted by molar-refractivity contribution is 5.84. The van der Waals surface area contributed by atoms with E-state index in [1.165, 1.54) is 5.56 Å². The monoisotopic (exact) mass is 514 g/mol. The molecule has 0 atom stereocenters. The van der Waals surface area contributed by atoms with Gasteiger partial charge in [0.15, 0.2) is 0 Å². The lowest BCUT2D eigenvalue weighted by Crippen LogP contribution is -2.34. The van der Waals surface area contributed by atoms with Crippen molar-refractivity contribution in [2.75, 3.05) is 23.7 Å². The maximum absolute atomic E-state index is 12.3. The number of ether oxygens (including phenoxy) is 2. The number of nitrogens with zero attached hydrogens (tertiary/aromatic N) is 3. The SMILES string of the molecule is Cn1c(Nc2cccc(C(C)(C)C)c2)nc2cc(Oc3ccnc(NC(=O)OC4CCNCC4)c3)ccc21. The molecule has 3 N–H and O–H groups in total. The zero-order valence-corrected chi connectivity index (χ0v) is 22.2. The van der Waals surface area contributed by atoms with Crippen LogP contribution in [0.4, 0.5) is 22.2 Å². The molecule has 1 saturated heterocycles. The summed E-state index contributed by atoms with van der Waals surface area (Å²) >= 11 is 0. The number of carbonyl (C=O) groups excluding carboxylic acids is 1. The average Bonchev–Trinajstić information content (AvgIpc) is 3.18. The lowest BCUT2D eigenvalue weighted by atomic mass is 9.87. The van der Waals surface area contributed by atoms with Gasteiger partial charge in [-0.2, -0.15) is 0 Å². The quantitative estimate of drug-likeness (QED) is 0.286. The van der Waals surface area contributed by atoms with Crippen LogP contribution >= 0.6 is 0 Å². The Morgan fingerprint density at radius 1 is 1.05 bits per heavy atom. The number of carbonyl (C=O) groups is 1. The molecule has 198 valence electrons. The molecule has 1 aliphatic heterocycles. The van der Waals surface area contributed by atoms with Gasteiger partial charge in [0.1, 0.15) is 23.4 Å². The van der Waals surface area contributed by atoms with Gasteiger partial charge in [-0.25, -0.2) is 14.8 Å². The summed E-state index contributed by atoms with van der Waals surface area (Å²) in [6.45, 7) is 8.30. The molecule has 0 unspecified atom stereocenters. The lowest BCUT2D eigenvalue weighted by Gasteiger charge is -2.22. The Balaban J connectivity index is 1.28. The number of pyridine rings is 1. The van der Waals surface area contributed by atoms with E-state index < -0.39 is 6.09 Å². The van der Waals surface area contributed by atoms with Crippen molar-refractivity contribution >= 4 is 34.6 Å². The summed E-state index contributed by atoms with van der Waals surface area (Å²) in [4.78, 5) is 21.3. The van der Waals surface area contributed by atoms with Gasteiger partial charge in [0.25, 0.3) is 0 Å². The zero-order valence-electron chi connectivity index (χ0n) is 22.2. The van der Waals surface area contributed by atoms with Crippen LogP contribution in [-0.4, -0.2) is 39.8 Å². The molecular weight excluding hydrogens is 480 g/mol. The number of hydrogen-bond donors (Lipinski definition) is 3. The molecule has 0 spiro atoms. The van der Waals surface area contributed by atoms with Crippen LogP contribution in [0.25, 0.3) is 11.0 Å². The molecule has 4 aromatic rings. The molecule has 0 saturated carbocycles. The molecule has 0 bridgehead atoms. The molecule has 38 heavy (non-hydrogen) atoms. The fraction of sp³-hybridized carbons (Fsp3) is 0.345. The first-order valence-electron chi connectivity index (χ1n) is 12.9. The molecule has 3 heterocycles. The van der Waals surface area contributed by atoms with E-state index in [0.717, 1.165) is 48.6 Å². The van der Waals surface area contributed by atoms with Crippen LogP contribution < -0.4 is 20.7 Å². The van der Waals surface area contributed by atoms with Gasteiger partial charge in [-0.05, 0) is 67.2 Å².